The Labute approximate surface area is 70.8 Å². The Morgan fingerprint density at radius 3 is 0.500 bits per heavy atom. The van der Waals surface area contributed by atoms with E-state index >= 15 is 0 Å². The van der Waals surface area contributed by atoms with Crippen molar-refractivity contribution in [2.24, 2.45) is 0 Å². The van der Waals surface area contributed by atoms with Crippen molar-refractivity contribution >= 4 is 0 Å². The van der Waals surface area contributed by atoms with E-state index in [1.807, 2.05) is 0 Å². The average molecular weight is 633 g/mol. The van der Waals surface area contributed by atoms with Crippen molar-refractivity contribution in [2.45, 2.75) is 0 Å². The van der Waals surface area contributed by atoms with Crippen LogP contribution >= 0.6 is 0 Å². The summed E-state index contributed by atoms with van der Waals surface area (Å²) in [6.07, 6.45) is 0. The second kappa shape index (κ2) is 30.1. The third kappa shape index (κ3) is 10.8. The van der Waals surface area contributed by atoms with E-state index in [4.69, 9.17) is 0 Å². The summed E-state index contributed by atoms with van der Waals surface area (Å²) in [5.41, 5.74) is 0. The van der Waals surface area contributed by atoms with E-state index in [1.165, 1.54) is 0 Å². The summed E-state index contributed by atoms with van der Waals surface area (Å²) >= 11 is 0. The molecule has 0 rings (SSSR count). The molecule has 35 valence electrons. The third-order valence-corrected chi connectivity index (χ3v) is 0. The molecule has 0 atom stereocenters. The molecule has 0 bridgehead atoms. The van der Waals surface area contributed by atoms with Gasteiger partial charge >= 0.3 is 0 Å². The number of hydrogen-bond acceptors (Lipinski definition) is 0. The van der Waals surface area contributed by atoms with Gasteiger partial charge in [0.05, 0.1) is 0 Å². The van der Waals surface area contributed by atoms with E-state index in [9.17, 15) is 0 Å². The molecule has 1 radical (unpaired) electrons. The summed E-state index contributed by atoms with van der Waals surface area (Å²) in [7, 11) is 0. The maximum absolute atomic E-state index is 0. The zero-order chi connectivity index (χ0) is 0. The Kier molecular flexibility index (Phi) is 484. The van der Waals surface area contributed by atoms with Crippen molar-refractivity contribution in [1.29, 1.82) is 0 Å². The first kappa shape index (κ1) is 64.3. The average Bonchev–Trinajstić information content (AvgIpc) is 0. The second-order valence-corrected chi connectivity index (χ2v) is 0. The Balaban J connectivity index is 0. The molecule has 0 saturated heterocycles. The Hall–Kier alpha value is 1.19. The van der Waals surface area contributed by atoms with E-state index in [0.717, 1.165) is 0 Å². The predicted molar refractivity (Wildman–Crippen MR) is 0 cm³/mol. The van der Waals surface area contributed by atoms with Gasteiger partial charge in [0.15, 0.2) is 0 Å². The van der Waals surface area contributed by atoms with E-state index in [2.05, 4.69) is 0 Å². The first-order chi connectivity index (χ1) is 0. The normalized spacial score (nSPS) is 0. The summed E-state index contributed by atoms with van der Waals surface area (Å²) in [6.45, 7) is 0. The Morgan fingerprint density at radius 2 is 0.500 bits per heavy atom. The van der Waals surface area contributed by atoms with Gasteiger partial charge in [0.25, 0.3) is 0 Å². The number of hydrogen-bond donors (Lipinski definition) is 0. The first-order valence-corrected chi connectivity index (χ1v) is 0. The van der Waals surface area contributed by atoms with E-state index < -0.39 is 0 Å². The maximum atomic E-state index is 0. The zero-order valence-corrected chi connectivity index (χ0v) is 10.4. The topological polar surface area (TPSA) is 0 Å². The molecule has 0 saturated carbocycles. The molecule has 0 N–H and O–H groups in total. The Bertz CT molecular complexity index is 3.25. The van der Waals surface area contributed by atoms with Crippen LogP contribution in [0.25, 0.3) is 0 Å². The van der Waals surface area contributed by atoms with Gasteiger partial charge < -0.3 is 71.9 Å². The number of rotatable bonds is 0. The van der Waals surface area contributed by atoms with Gasteiger partial charge in [-0.1, -0.05) is 0 Å². The molecule has 4 heteroatoms. The predicted octanol–water partition coefficient (Wildman–Crippen LogP) is -8.99. The standard InChI is InChI=1S/Es.3HI/h;3*1H/p-3. The molecule has 0 unspecified atom stereocenters. The molecule has 4 heavy (non-hydrogen) atoms. The molecule has 0 aromatic carbocycles. The van der Waals surface area contributed by atoms with Gasteiger partial charge in [-0.2, -0.15) is 0 Å². The minimum absolute atomic E-state index is 0. The molecule has 0 nitrogen and oxygen atoms in total. The monoisotopic (exact) mass is 633 g/mol. The number of halogens is 3. The van der Waals surface area contributed by atoms with Crippen molar-refractivity contribution in [3.8, 4) is 0 Å². The van der Waals surface area contributed by atoms with Gasteiger partial charge in [-0.25, -0.2) is 0 Å². The van der Waals surface area contributed by atoms with Crippen molar-refractivity contribution in [2.75, 3.05) is 0 Å². The summed E-state index contributed by atoms with van der Waals surface area (Å²) in [5, 5.41) is 0. The van der Waals surface area contributed by atoms with Gasteiger partial charge in [-0.15, -0.1) is 0 Å². The van der Waals surface area contributed by atoms with Gasteiger partial charge in [0, 0.05) is 0 Å². The first-order valence-electron chi connectivity index (χ1n) is 0. The van der Waals surface area contributed by atoms with Gasteiger partial charge in [0.1, 0.15) is 0 Å². The molecule has 0 amide bonds. The van der Waals surface area contributed by atoms with Gasteiger partial charge in [-0.3, -0.25) is 0 Å². The fourth-order valence-electron chi connectivity index (χ4n) is 0. The third-order valence-electron chi connectivity index (χ3n) is 0. The van der Waals surface area contributed by atoms with Crippen LogP contribution in [0.15, 0.2) is 0 Å². The molecule has 0 aliphatic carbocycles. The summed E-state index contributed by atoms with van der Waals surface area (Å²) in [5.74, 6) is 0. The molecule has 0 aromatic rings. The molecule has 0 aliphatic rings. The van der Waals surface area contributed by atoms with Crippen LogP contribution in [0, 0.1) is 0 Å². The fraction of sp³-hybridized carbons (Fsp3) is 0. The molecule has 0 heterocycles. The van der Waals surface area contributed by atoms with Crippen LogP contribution in [0.3, 0.4) is 0 Å². The van der Waals surface area contributed by atoms with Crippen molar-refractivity contribution < 1.29 is 71.9 Å². The van der Waals surface area contributed by atoms with Gasteiger partial charge in [-0.05, 0) is 0 Å². The second-order valence-electron chi connectivity index (χ2n) is 0. The maximum Gasteiger partial charge on any atom is 0 e. The van der Waals surface area contributed by atoms with Crippen molar-refractivity contribution in [1.82, 2.24) is 0 Å². The van der Waals surface area contributed by atoms with Crippen LogP contribution in [0.2, 0.25) is 0 Å². The molecular formula is EsI3-3. The van der Waals surface area contributed by atoms with Crippen LogP contribution < -0.4 is 71.9 Å². The van der Waals surface area contributed by atoms with Crippen LogP contribution in [-0.4, -0.2) is 0 Å². The Morgan fingerprint density at radius 1 is 0.500 bits per heavy atom. The van der Waals surface area contributed by atoms with Crippen LogP contribution in [0.5, 0.6) is 0 Å². The molecule has 0 spiro atoms. The molecule has 0 aromatic heterocycles. The smallest absolute Gasteiger partial charge is 0 e. The molecule has 0 fully saturated rings. The molecule has 0 aliphatic heterocycles. The summed E-state index contributed by atoms with van der Waals surface area (Å²) in [4.78, 5) is 0. The van der Waals surface area contributed by atoms with Crippen LogP contribution in [0.4, 0.5) is 0 Å². The summed E-state index contributed by atoms with van der Waals surface area (Å²) in [6, 6.07) is 0. The minimum atomic E-state index is 0. The fourth-order valence-corrected chi connectivity index (χ4v) is 0. The van der Waals surface area contributed by atoms with E-state index in [0.29, 0.717) is 0 Å². The van der Waals surface area contributed by atoms with Crippen molar-refractivity contribution in [3.63, 3.8) is 0 Å². The SMILES string of the molecule is [Es].[I-].[I-].[I-]. The van der Waals surface area contributed by atoms with Crippen LogP contribution in [-0.2, 0) is 0 Å². The quantitative estimate of drug-likeness (QED) is 0.233. The van der Waals surface area contributed by atoms with E-state index in [1.54, 1.807) is 0 Å². The van der Waals surface area contributed by atoms with E-state index in [-0.39, 0.29) is 71.9 Å². The largest absolute Gasteiger partial charge is 1.00 e. The van der Waals surface area contributed by atoms with Crippen molar-refractivity contribution in [3.05, 3.63) is 0 Å². The summed E-state index contributed by atoms with van der Waals surface area (Å²) < 4.78 is 0. The minimum Gasteiger partial charge on any atom is -1.00 e. The zero-order valence-electron chi connectivity index (χ0n) is 1.44. The van der Waals surface area contributed by atoms with Crippen LogP contribution in [0.1, 0.15) is 0 Å². The van der Waals surface area contributed by atoms with Gasteiger partial charge in [0.2, 0.25) is 0 Å². The molecular weight excluding hydrogens is 633 g/mol.